The summed E-state index contributed by atoms with van der Waals surface area (Å²) in [4.78, 5) is 20.2. The molecule has 0 aliphatic rings. The van der Waals surface area contributed by atoms with E-state index in [1.54, 1.807) is 44.4 Å². The maximum absolute atomic E-state index is 15.2. The number of halogens is 1. The Bertz CT molecular complexity index is 1480. The Morgan fingerprint density at radius 2 is 1.92 bits per heavy atom. The molecule has 4 aromatic rings. The van der Waals surface area contributed by atoms with Gasteiger partial charge in [0, 0.05) is 35.5 Å². The average Bonchev–Trinajstić information content (AvgIpc) is 3.22. The van der Waals surface area contributed by atoms with Gasteiger partial charge in [-0.2, -0.15) is 5.26 Å². The van der Waals surface area contributed by atoms with Crippen molar-refractivity contribution in [3.63, 3.8) is 0 Å². The number of fused-ring (bicyclic) bond motifs is 1. The van der Waals surface area contributed by atoms with Crippen LogP contribution in [0.15, 0.2) is 54.9 Å². The van der Waals surface area contributed by atoms with Gasteiger partial charge in [-0.25, -0.2) is 19.2 Å². The molecular weight excluding hydrogens is 485 g/mol. The molecule has 4 rings (SSSR count). The van der Waals surface area contributed by atoms with E-state index in [2.05, 4.69) is 39.8 Å². The van der Waals surface area contributed by atoms with E-state index in [0.29, 0.717) is 22.6 Å². The van der Waals surface area contributed by atoms with E-state index < -0.39 is 11.9 Å². The van der Waals surface area contributed by atoms with Crippen molar-refractivity contribution in [3.05, 3.63) is 66.2 Å². The Balaban J connectivity index is 1.86. The summed E-state index contributed by atoms with van der Waals surface area (Å²) in [6, 6.07) is 14.3. The van der Waals surface area contributed by atoms with Crippen LogP contribution in [0.5, 0.6) is 11.8 Å². The van der Waals surface area contributed by atoms with Gasteiger partial charge in [-0.15, -0.1) is 0 Å². The fraction of sp³-hybridized carbons (Fsp3) is 0.310. The van der Waals surface area contributed by atoms with Gasteiger partial charge in [-0.1, -0.05) is 26.3 Å². The molecule has 0 fully saturated rings. The second-order valence-electron chi connectivity index (χ2n) is 9.14. The molecule has 38 heavy (non-hydrogen) atoms. The zero-order valence-corrected chi connectivity index (χ0v) is 21.9. The fourth-order valence-electron chi connectivity index (χ4n) is 4.54. The van der Waals surface area contributed by atoms with Gasteiger partial charge >= 0.3 is 12.1 Å². The van der Waals surface area contributed by atoms with Crippen LogP contribution in [0.2, 0.25) is 0 Å². The Morgan fingerprint density at radius 3 is 2.55 bits per heavy atom. The third-order valence-electron chi connectivity index (χ3n) is 6.12. The zero-order chi connectivity index (χ0) is 27.2. The monoisotopic (exact) mass is 515 g/mol. The molecular formula is C29H30FN5O3. The van der Waals surface area contributed by atoms with Gasteiger partial charge in [-0.3, -0.25) is 5.32 Å². The van der Waals surface area contributed by atoms with E-state index in [-0.39, 0.29) is 23.8 Å². The highest BCUT2D eigenvalue weighted by Crippen LogP contribution is 2.40. The number of hydrogen-bond acceptors (Lipinski definition) is 6. The van der Waals surface area contributed by atoms with Crippen LogP contribution in [-0.2, 0) is 4.74 Å². The number of anilines is 1. The summed E-state index contributed by atoms with van der Waals surface area (Å²) in [5.41, 5.74) is 2.39. The first kappa shape index (κ1) is 26.6. The summed E-state index contributed by atoms with van der Waals surface area (Å²) in [6.07, 6.45) is 4.74. The van der Waals surface area contributed by atoms with Crippen molar-refractivity contribution < 1.29 is 18.7 Å². The molecule has 1 amide bonds. The number of rotatable bonds is 9. The van der Waals surface area contributed by atoms with Crippen LogP contribution in [0.4, 0.5) is 14.9 Å². The lowest BCUT2D eigenvalue weighted by Crippen LogP contribution is -2.18. The number of nitrogens with one attached hydrogen (secondary N) is 1. The molecule has 0 radical (unpaired) electrons. The second-order valence-corrected chi connectivity index (χ2v) is 9.14. The van der Waals surface area contributed by atoms with Gasteiger partial charge in [0.05, 0.1) is 28.6 Å². The topological polar surface area (TPSA) is 102 Å². The molecule has 1 N–H and O–H groups in total. The number of amides is 1. The number of carbonyl (C=O) groups is 1. The third-order valence-corrected chi connectivity index (χ3v) is 6.12. The van der Waals surface area contributed by atoms with Gasteiger partial charge in [-0.05, 0) is 57.0 Å². The molecule has 0 bridgehead atoms. The number of nitrogens with zero attached hydrogens (tertiary/aromatic N) is 4. The van der Waals surface area contributed by atoms with Crippen LogP contribution in [-0.4, -0.2) is 26.7 Å². The van der Waals surface area contributed by atoms with Crippen LogP contribution < -0.4 is 10.1 Å². The molecule has 0 aliphatic heterocycles. The average molecular weight is 516 g/mol. The standard InChI is InChI=1S/C29H30FN5O3/c1-5-8-20(6-2)35-26-16-21(38-28-32-13-7-14-33-28)10-11-22(26)23(17-31)27(35)19-9-12-25(24(30)15-19)34-29(36)37-18(3)4/h7,9-16,18,20H,5-6,8H2,1-4H3,(H,34,36). The molecule has 196 valence electrons. The molecule has 0 saturated heterocycles. The fourth-order valence-corrected chi connectivity index (χ4v) is 4.54. The summed E-state index contributed by atoms with van der Waals surface area (Å²) in [5.74, 6) is -0.100. The quantitative estimate of drug-likeness (QED) is 0.246. The molecule has 9 heteroatoms. The summed E-state index contributed by atoms with van der Waals surface area (Å²) >= 11 is 0. The van der Waals surface area contributed by atoms with Crippen molar-refractivity contribution in [3.8, 4) is 29.1 Å². The SMILES string of the molecule is CCCC(CC)n1c(-c2ccc(NC(=O)OC(C)C)c(F)c2)c(C#N)c2ccc(Oc3ncccn3)cc21. The first-order valence-electron chi connectivity index (χ1n) is 12.7. The Morgan fingerprint density at radius 1 is 1.16 bits per heavy atom. The number of hydrogen-bond donors (Lipinski definition) is 1. The van der Waals surface area contributed by atoms with Crippen molar-refractivity contribution in [1.29, 1.82) is 5.26 Å². The van der Waals surface area contributed by atoms with Gasteiger partial charge in [0.1, 0.15) is 17.6 Å². The number of aromatic nitrogens is 3. The molecule has 8 nitrogen and oxygen atoms in total. The summed E-state index contributed by atoms with van der Waals surface area (Å²) in [7, 11) is 0. The van der Waals surface area contributed by atoms with Gasteiger partial charge in [0.2, 0.25) is 0 Å². The van der Waals surface area contributed by atoms with Gasteiger partial charge in [0.25, 0.3) is 0 Å². The zero-order valence-electron chi connectivity index (χ0n) is 21.9. The largest absolute Gasteiger partial charge is 0.447 e. The number of carbonyl (C=O) groups excluding carboxylic acids is 1. The highest BCUT2D eigenvalue weighted by Gasteiger charge is 2.24. The first-order chi connectivity index (χ1) is 18.4. The van der Waals surface area contributed by atoms with Gasteiger partial charge < -0.3 is 14.0 Å². The molecule has 2 aromatic carbocycles. The minimum Gasteiger partial charge on any atom is -0.447 e. The minimum absolute atomic E-state index is 0.000263. The van der Waals surface area contributed by atoms with Crippen LogP contribution in [0.1, 0.15) is 58.6 Å². The first-order valence-corrected chi connectivity index (χ1v) is 12.7. The highest BCUT2D eigenvalue weighted by atomic mass is 19.1. The van der Waals surface area contributed by atoms with Crippen molar-refractivity contribution >= 4 is 22.7 Å². The summed E-state index contributed by atoms with van der Waals surface area (Å²) in [5, 5.41) is 13.4. The lowest BCUT2D eigenvalue weighted by Gasteiger charge is -2.22. The Hall–Kier alpha value is -4.45. The Labute approximate surface area is 221 Å². The third kappa shape index (κ3) is 5.59. The molecule has 0 aliphatic carbocycles. The van der Waals surface area contributed by atoms with E-state index >= 15 is 4.39 Å². The summed E-state index contributed by atoms with van der Waals surface area (Å²) < 4.78 is 28.2. The number of benzene rings is 2. The van der Waals surface area contributed by atoms with E-state index in [4.69, 9.17) is 9.47 Å². The number of nitriles is 1. The van der Waals surface area contributed by atoms with Crippen LogP contribution >= 0.6 is 0 Å². The van der Waals surface area contributed by atoms with E-state index in [0.717, 1.165) is 30.2 Å². The van der Waals surface area contributed by atoms with E-state index in [1.165, 1.54) is 12.1 Å². The molecule has 1 unspecified atom stereocenters. The highest BCUT2D eigenvalue weighted by molar-refractivity contribution is 5.96. The normalized spacial score (nSPS) is 11.8. The lowest BCUT2D eigenvalue weighted by atomic mass is 10.0. The molecule has 2 heterocycles. The smallest absolute Gasteiger partial charge is 0.411 e. The molecule has 0 spiro atoms. The van der Waals surface area contributed by atoms with E-state index in [1.807, 2.05) is 12.1 Å². The predicted molar refractivity (Wildman–Crippen MR) is 144 cm³/mol. The van der Waals surface area contributed by atoms with Crippen LogP contribution in [0, 0.1) is 17.1 Å². The minimum atomic E-state index is -0.734. The predicted octanol–water partition coefficient (Wildman–Crippen LogP) is 7.61. The maximum Gasteiger partial charge on any atom is 0.411 e. The van der Waals surface area contributed by atoms with Gasteiger partial charge in [0.15, 0.2) is 0 Å². The van der Waals surface area contributed by atoms with Crippen molar-refractivity contribution in [1.82, 2.24) is 14.5 Å². The second kappa shape index (κ2) is 11.7. The molecule has 0 saturated carbocycles. The Kier molecular flexibility index (Phi) is 8.22. The molecule has 2 aromatic heterocycles. The van der Waals surface area contributed by atoms with E-state index in [9.17, 15) is 10.1 Å². The van der Waals surface area contributed by atoms with Crippen molar-refractivity contribution in [2.45, 2.75) is 59.1 Å². The van der Waals surface area contributed by atoms with Crippen LogP contribution in [0.3, 0.4) is 0 Å². The van der Waals surface area contributed by atoms with Crippen molar-refractivity contribution in [2.75, 3.05) is 5.32 Å². The van der Waals surface area contributed by atoms with Crippen molar-refractivity contribution in [2.24, 2.45) is 0 Å². The summed E-state index contributed by atoms with van der Waals surface area (Å²) in [6.45, 7) is 7.63. The molecule has 1 atom stereocenters. The van der Waals surface area contributed by atoms with Crippen LogP contribution in [0.25, 0.3) is 22.2 Å². The number of ether oxygens (including phenoxy) is 2. The maximum atomic E-state index is 15.2. The lowest BCUT2D eigenvalue weighted by molar-refractivity contribution is 0.130.